The van der Waals surface area contributed by atoms with Crippen molar-refractivity contribution in [3.8, 4) is 17.2 Å². The summed E-state index contributed by atoms with van der Waals surface area (Å²) in [6.07, 6.45) is 96.4. The third kappa shape index (κ3) is 55.3. The Morgan fingerprint density at radius 2 is 0.318 bits per heavy atom. The Kier molecular flexibility index (Phi) is 63.7. The van der Waals surface area contributed by atoms with Gasteiger partial charge in [0.15, 0.2) is 0 Å². The molecule has 0 aliphatic rings. The maximum Gasteiger partial charge on any atom is 0.122 e. The molecule has 0 saturated heterocycles. The Bertz CT molecular complexity index is 3650. The summed E-state index contributed by atoms with van der Waals surface area (Å²) in [5.74, 6) is 2.61. The van der Waals surface area contributed by atoms with Gasteiger partial charge < -0.3 is 14.2 Å². The van der Waals surface area contributed by atoms with Crippen LogP contribution >= 0.6 is 0 Å². The average Bonchev–Trinajstić information content (AvgIpc) is 0.844. The van der Waals surface area contributed by atoms with Gasteiger partial charge in [0.25, 0.3) is 0 Å². The zero-order chi connectivity index (χ0) is 90.6. The predicted molar refractivity (Wildman–Crippen MR) is 571 cm³/mol. The molecule has 0 unspecified atom stereocenters. The fourth-order valence-electron chi connectivity index (χ4n) is 18.6. The normalized spacial score (nSPS) is 11.4. The van der Waals surface area contributed by atoms with Gasteiger partial charge in [-0.3, -0.25) is 15.0 Å². The van der Waals surface area contributed by atoms with Crippen molar-refractivity contribution in [1.82, 2.24) is 15.0 Å². The van der Waals surface area contributed by atoms with Crippen LogP contribution in [0.5, 0.6) is 17.2 Å². The monoisotopic (exact) mass is 1760 g/mol. The highest BCUT2D eigenvalue weighted by molar-refractivity contribution is 5.76. The minimum Gasteiger partial charge on any atom is -0.493 e. The van der Waals surface area contributed by atoms with Crippen molar-refractivity contribution in [2.75, 3.05) is 19.8 Å². The highest BCUT2D eigenvalue weighted by atomic mass is 16.5. The summed E-state index contributed by atoms with van der Waals surface area (Å²) in [6.45, 7) is 15.9. The van der Waals surface area contributed by atoms with Crippen LogP contribution in [-0.2, 0) is 19.3 Å². The minimum absolute atomic E-state index is 0.690. The number of fused-ring (bicyclic) bond motifs is 12. The summed E-state index contributed by atoms with van der Waals surface area (Å²) < 4.78 is 20.4. The second-order valence-corrected chi connectivity index (χ2v) is 39.1. The Morgan fingerprint density at radius 1 is 0.155 bits per heavy atom. The lowest BCUT2D eigenvalue weighted by molar-refractivity contribution is 0.304. The van der Waals surface area contributed by atoms with E-state index in [0.717, 1.165) is 105 Å². The van der Waals surface area contributed by atoms with Gasteiger partial charge in [-0.25, -0.2) is 0 Å². The molecule has 714 valence electrons. The fourth-order valence-corrected chi connectivity index (χ4v) is 18.6. The van der Waals surface area contributed by atoms with Gasteiger partial charge in [-0.2, -0.15) is 0 Å². The number of benzene rings is 6. The van der Waals surface area contributed by atoms with Crippen LogP contribution in [0.1, 0.15) is 482 Å². The van der Waals surface area contributed by atoms with E-state index < -0.39 is 0 Å². The number of aryl methyl sites for hydroxylation is 3. The first-order valence-corrected chi connectivity index (χ1v) is 55.2. The lowest BCUT2D eigenvalue weighted by atomic mass is 10.0. The molecule has 7 aromatic rings. The van der Waals surface area contributed by atoms with Gasteiger partial charge in [0.2, 0.25) is 0 Å². The Labute approximate surface area is 791 Å². The zero-order valence-corrected chi connectivity index (χ0v) is 84.1. The second-order valence-electron chi connectivity index (χ2n) is 39.1. The molecule has 0 N–H and O–H groups in total. The van der Waals surface area contributed by atoms with Gasteiger partial charge in [-0.15, -0.1) is 0 Å². The number of nitrogens with zero attached hydrogens (tertiary/aromatic N) is 3. The van der Waals surface area contributed by atoms with E-state index in [1.807, 2.05) is 0 Å². The number of rotatable bonds is 75. The van der Waals surface area contributed by atoms with E-state index in [4.69, 9.17) is 29.2 Å². The summed E-state index contributed by atoms with van der Waals surface area (Å²) in [6, 6.07) is 55.1. The summed E-state index contributed by atoms with van der Waals surface area (Å²) in [5, 5.41) is 10.0. The quantitative estimate of drug-likeness (QED) is 0.0354. The summed E-state index contributed by atoms with van der Waals surface area (Å²) in [7, 11) is 0. The van der Waals surface area contributed by atoms with Crippen molar-refractivity contribution in [1.29, 1.82) is 0 Å². The Balaban J connectivity index is 1.37. The van der Waals surface area contributed by atoms with Gasteiger partial charge in [-0.05, 0) is 178 Å². The van der Waals surface area contributed by atoms with E-state index >= 15 is 0 Å². The van der Waals surface area contributed by atoms with E-state index in [1.54, 1.807) is 0 Å². The van der Waals surface area contributed by atoms with Crippen molar-refractivity contribution in [3.63, 3.8) is 0 Å². The molecule has 0 aliphatic carbocycles. The third-order valence-electron chi connectivity index (χ3n) is 26.6. The van der Waals surface area contributed by atoms with Crippen molar-refractivity contribution in [2.24, 2.45) is 0 Å². The molecule has 6 nitrogen and oxygen atoms in total. The molecule has 0 aliphatic heterocycles. The first-order valence-electron chi connectivity index (χ1n) is 55.2. The number of hydrogen-bond donors (Lipinski definition) is 0. The Morgan fingerprint density at radius 3 is 0.512 bits per heavy atom. The molecule has 1 aromatic heterocycles. The first-order chi connectivity index (χ1) is 63.8. The van der Waals surface area contributed by atoms with E-state index in [2.05, 4.69) is 206 Å². The van der Waals surface area contributed by atoms with Crippen LogP contribution in [0.15, 0.2) is 164 Å². The van der Waals surface area contributed by atoms with Crippen LogP contribution in [0, 0.1) is 0 Å². The molecule has 12 bridgehead atoms. The van der Waals surface area contributed by atoms with E-state index in [-0.39, 0.29) is 0 Å². The highest BCUT2D eigenvalue weighted by Crippen LogP contribution is 2.28. The van der Waals surface area contributed by atoms with Gasteiger partial charge in [0.1, 0.15) is 17.2 Å². The van der Waals surface area contributed by atoms with E-state index in [9.17, 15) is 0 Å². The molecule has 129 heavy (non-hydrogen) atoms. The maximum absolute atomic E-state index is 6.78. The van der Waals surface area contributed by atoms with Crippen LogP contribution in [-0.4, -0.2) is 34.8 Å². The van der Waals surface area contributed by atoms with Crippen molar-refractivity contribution >= 4 is 65.0 Å². The van der Waals surface area contributed by atoms with Gasteiger partial charge in [-0.1, -0.05) is 500 Å². The van der Waals surface area contributed by atoms with Crippen LogP contribution in [0.3, 0.4) is 0 Å². The lowest BCUT2D eigenvalue weighted by Gasteiger charge is -2.07. The van der Waals surface area contributed by atoms with Crippen LogP contribution in [0.2, 0.25) is 0 Å². The molecule has 6 aromatic carbocycles. The van der Waals surface area contributed by atoms with Crippen LogP contribution in [0.25, 0.3) is 65.0 Å². The first kappa shape index (κ1) is 109. The third-order valence-corrected chi connectivity index (χ3v) is 26.6. The maximum atomic E-state index is 6.78. The molecule has 0 fully saturated rings. The number of ether oxygens (including phenoxy) is 3. The Hall–Kier alpha value is -7.05. The van der Waals surface area contributed by atoms with Crippen LogP contribution in [0.4, 0.5) is 0 Å². The molecule has 0 amide bonds. The summed E-state index contributed by atoms with van der Waals surface area (Å²) in [5.41, 5.74) is 6.74. The van der Waals surface area contributed by atoms with Crippen molar-refractivity contribution < 1.29 is 14.2 Å². The SMILES string of the molecule is CCCCCCCCCCCCCCc1cc2ccc3cc(OCCCCCCCCCCCC)cc(c3)ncc3cc(CCCCCCCCCCCCCC)cc(ccc4cc(OCCCCCCCCCCCC)cc(c4)ncc4cc(CCCCCCCCCCCCCC)cc(ccc5cc(OCCCCCCCCCCCC)cc(c5)ncc(c1)c2)c4)c3. The molecule has 7 rings (SSSR count). The van der Waals surface area contributed by atoms with E-state index in [0.29, 0.717) is 19.8 Å². The molecule has 0 spiro atoms. The van der Waals surface area contributed by atoms with Gasteiger partial charge in [0.05, 0.1) is 36.4 Å². The molecule has 0 radical (unpaired) electrons. The van der Waals surface area contributed by atoms with Gasteiger partial charge in [0, 0.05) is 36.8 Å². The number of hydrogen-bond acceptors (Lipinski definition) is 6. The number of aromatic nitrogens is 3. The van der Waals surface area contributed by atoms with Crippen molar-refractivity contribution in [3.05, 3.63) is 181 Å². The smallest absolute Gasteiger partial charge is 0.122 e. The molecule has 1 heterocycles. The largest absolute Gasteiger partial charge is 0.493 e. The van der Waals surface area contributed by atoms with E-state index in [1.165, 1.54) is 437 Å². The molecule has 6 heteroatoms. The fraction of sp³-hybridized carbons (Fsp3) is 0.634. The van der Waals surface area contributed by atoms with Gasteiger partial charge >= 0.3 is 0 Å². The molecule has 0 saturated carbocycles. The topological polar surface area (TPSA) is 66.4 Å². The minimum atomic E-state index is 0.690. The predicted octanol–water partition coefficient (Wildman–Crippen LogP) is 40.5. The highest BCUT2D eigenvalue weighted by Gasteiger charge is 2.08. The summed E-state index contributed by atoms with van der Waals surface area (Å²) in [4.78, 5) is 16.2. The zero-order valence-electron chi connectivity index (χ0n) is 84.1. The standard InChI is InChI=1S/C123H189N3O3/c1-7-13-19-25-31-37-43-46-49-55-61-67-73-106-85-109-76-79-112-94-119(101-121(97-112)127-82-70-64-58-52-40-34-28-22-16-10-4)125-104-116-89-108(75-69-63-57-51-48-45-39-33-27-21-15-9-3)87-111(93-116)78-81-114-96-120(102-123(99-114)129-84-72-66-60-54-42-36-30-24-18-12-6)126-105-117-90-107(74-68-62-56-50-47-44-38-32-26-20-14-8-2)86-110(92-117)77-80-113-95-118(124-103-115(88-106)91-109)100-122(98-113)128-83-71-65-59-53-41-35-29-23-17-11-5/h76-81,85-105H,7-75,82-84H2,1-6H3. The molecule has 0 atom stereocenters. The number of unbranched alkanes of at least 4 members (excludes halogenated alkanes) is 60. The second kappa shape index (κ2) is 75.4. The lowest BCUT2D eigenvalue weighted by Crippen LogP contribution is -1.97. The van der Waals surface area contributed by atoms with Crippen LogP contribution < -0.4 is 14.2 Å². The van der Waals surface area contributed by atoms with Crippen molar-refractivity contribution in [2.45, 2.75) is 485 Å². The molecular formula is C123H189N3O3. The summed E-state index contributed by atoms with van der Waals surface area (Å²) >= 11 is 0. The molecular weight excluding hydrogens is 1570 g/mol. The average molecular weight is 1760 g/mol.